The molecule has 21 heavy (non-hydrogen) atoms. The molecule has 0 aliphatic heterocycles. The molecule has 2 rings (SSSR count). The third kappa shape index (κ3) is 3.43. The van der Waals surface area contributed by atoms with Crippen LogP contribution in [0, 0.1) is 10.1 Å². The van der Waals surface area contributed by atoms with E-state index in [1.54, 1.807) is 24.3 Å². The first-order chi connectivity index (χ1) is 10.0. The number of hydrogen-bond acceptors (Lipinski definition) is 5. The summed E-state index contributed by atoms with van der Waals surface area (Å²) in [6, 6.07) is 10.6. The fourth-order valence-electron chi connectivity index (χ4n) is 1.76. The minimum Gasteiger partial charge on any atom is -0.450 e. The van der Waals surface area contributed by atoms with Crippen LogP contribution in [0.1, 0.15) is 22.8 Å². The van der Waals surface area contributed by atoms with Crippen molar-refractivity contribution in [3.8, 4) is 11.5 Å². The molecule has 0 atom stereocenters. The molecule has 0 saturated carbocycles. The van der Waals surface area contributed by atoms with E-state index in [4.69, 9.17) is 9.84 Å². The van der Waals surface area contributed by atoms with Gasteiger partial charge in [0.15, 0.2) is 5.78 Å². The summed E-state index contributed by atoms with van der Waals surface area (Å²) in [5, 5.41) is 20.0. The predicted molar refractivity (Wildman–Crippen MR) is 75.5 cm³/mol. The molecule has 0 bridgehead atoms. The summed E-state index contributed by atoms with van der Waals surface area (Å²) in [7, 11) is 0. The van der Waals surface area contributed by atoms with E-state index >= 15 is 0 Å². The highest BCUT2D eigenvalue weighted by atomic mass is 16.6. The van der Waals surface area contributed by atoms with Gasteiger partial charge in [-0.3, -0.25) is 14.9 Å². The van der Waals surface area contributed by atoms with Gasteiger partial charge in [0.1, 0.15) is 5.75 Å². The molecule has 0 unspecified atom stereocenters. The number of nitro benzene ring substituents is 1. The van der Waals surface area contributed by atoms with Crippen molar-refractivity contribution in [2.75, 3.05) is 0 Å². The number of ether oxygens (including phenoxy) is 1. The highest BCUT2D eigenvalue weighted by Gasteiger charge is 2.18. The van der Waals surface area contributed by atoms with Crippen LogP contribution in [-0.2, 0) is 6.61 Å². The molecule has 6 nitrogen and oxygen atoms in total. The third-order valence-corrected chi connectivity index (χ3v) is 2.90. The largest absolute Gasteiger partial charge is 0.450 e. The quantitative estimate of drug-likeness (QED) is 0.518. The van der Waals surface area contributed by atoms with Crippen LogP contribution in [0.2, 0.25) is 0 Å². The monoisotopic (exact) mass is 287 g/mol. The van der Waals surface area contributed by atoms with E-state index in [0.717, 1.165) is 0 Å². The van der Waals surface area contributed by atoms with Crippen LogP contribution < -0.4 is 4.74 Å². The molecule has 0 spiro atoms. The normalized spacial score (nSPS) is 10.2. The third-order valence-electron chi connectivity index (χ3n) is 2.90. The SMILES string of the molecule is CC(=O)c1ccc(Oc2ccc(CO)cc2)c([N+](=O)[O-])c1. The van der Waals surface area contributed by atoms with Gasteiger partial charge in [-0.2, -0.15) is 0 Å². The van der Waals surface area contributed by atoms with Crippen molar-refractivity contribution in [2.24, 2.45) is 0 Å². The number of aliphatic hydroxyl groups is 1. The van der Waals surface area contributed by atoms with E-state index in [1.165, 1.54) is 25.1 Å². The highest BCUT2D eigenvalue weighted by molar-refractivity contribution is 5.95. The van der Waals surface area contributed by atoms with Gasteiger partial charge in [0.25, 0.3) is 0 Å². The minimum atomic E-state index is -0.593. The predicted octanol–water partition coefficient (Wildman–Crippen LogP) is 3.08. The maximum Gasteiger partial charge on any atom is 0.312 e. The molecule has 0 aliphatic carbocycles. The zero-order valence-corrected chi connectivity index (χ0v) is 11.3. The van der Waals surface area contributed by atoms with E-state index in [9.17, 15) is 14.9 Å². The Bertz CT molecular complexity index is 679. The Balaban J connectivity index is 2.34. The molecule has 0 aliphatic rings. The smallest absolute Gasteiger partial charge is 0.312 e. The standard InChI is InChI=1S/C15H13NO5/c1-10(18)12-4-7-15(14(8-12)16(19)20)21-13-5-2-11(9-17)3-6-13/h2-8,17H,9H2,1H3. The van der Waals surface area contributed by atoms with Gasteiger partial charge in [0, 0.05) is 11.6 Å². The number of ketones is 1. The number of rotatable bonds is 5. The average molecular weight is 287 g/mol. The van der Waals surface area contributed by atoms with E-state index in [-0.39, 0.29) is 29.4 Å². The molecule has 0 radical (unpaired) electrons. The molecule has 0 fully saturated rings. The zero-order valence-electron chi connectivity index (χ0n) is 11.3. The maximum atomic E-state index is 11.3. The second-order valence-corrected chi connectivity index (χ2v) is 4.40. The number of nitrogens with zero attached hydrogens (tertiary/aromatic N) is 1. The Morgan fingerprint density at radius 3 is 2.43 bits per heavy atom. The zero-order chi connectivity index (χ0) is 15.4. The summed E-state index contributed by atoms with van der Waals surface area (Å²) in [6.07, 6.45) is 0. The van der Waals surface area contributed by atoms with Gasteiger partial charge in [-0.05, 0) is 36.8 Å². The Hall–Kier alpha value is -2.73. The second kappa shape index (κ2) is 6.15. The molecule has 2 aromatic carbocycles. The van der Waals surface area contributed by atoms with Gasteiger partial charge in [-0.15, -0.1) is 0 Å². The topological polar surface area (TPSA) is 89.7 Å². The first-order valence-corrected chi connectivity index (χ1v) is 6.18. The highest BCUT2D eigenvalue weighted by Crippen LogP contribution is 2.32. The summed E-state index contributed by atoms with van der Waals surface area (Å²) in [5.41, 5.74) is 0.697. The molecule has 0 heterocycles. The lowest BCUT2D eigenvalue weighted by molar-refractivity contribution is -0.385. The van der Waals surface area contributed by atoms with Crippen LogP contribution in [-0.4, -0.2) is 15.8 Å². The number of Topliss-reactive ketones (excluding diaryl/α,β-unsaturated/α-hetero) is 1. The lowest BCUT2D eigenvalue weighted by Gasteiger charge is -2.07. The number of benzene rings is 2. The van der Waals surface area contributed by atoms with Gasteiger partial charge in [-0.25, -0.2) is 0 Å². The van der Waals surface area contributed by atoms with E-state index < -0.39 is 4.92 Å². The molecule has 2 aromatic rings. The van der Waals surface area contributed by atoms with Crippen molar-refractivity contribution >= 4 is 11.5 Å². The van der Waals surface area contributed by atoms with Crippen LogP contribution in [0.15, 0.2) is 42.5 Å². The van der Waals surface area contributed by atoms with Crippen LogP contribution in [0.4, 0.5) is 5.69 Å². The summed E-state index contributed by atoms with van der Waals surface area (Å²) >= 11 is 0. The molecular formula is C15H13NO5. The lowest BCUT2D eigenvalue weighted by Crippen LogP contribution is -1.98. The number of nitro groups is 1. The Morgan fingerprint density at radius 1 is 1.24 bits per heavy atom. The van der Waals surface area contributed by atoms with Gasteiger partial charge in [0.05, 0.1) is 11.5 Å². The number of aliphatic hydroxyl groups excluding tert-OH is 1. The fraction of sp³-hybridized carbons (Fsp3) is 0.133. The maximum absolute atomic E-state index is 11.3. The van der Waals surface area contributed by atoms with E-state index in [0.29, 0.717) is 11.3 Å². The van der Waals surface area contributed by atoms with Crippen molar-refractivity contribution in [1.82, 2.24) is 0 Å². The fourth-order valence-corrected chi connectivity index (χ4v) is 1.76. The van der Waals surface area contributed by atoms with Crippen LogP contribution >= 0.6 is 0 Å². The van der Waals surface area contributed by atoms with Crippen molar-refractivity contribution in [2.45, 2.75) is 13.5 Å². The van der Waals surface area contributed by atoms with Gasteiger partial charge in [-0.1, -0.05) is 12.1 Å². The first kappa shape index (κ1) is 14.7. The summed E-state index contributed by atoms with van der Waals surface area (Å²) in [4.78, 5) is 21.7. The summed E-state index contributed by atoms with van der Waals surface area (Å²) < 4.78 is 5.47. The first-order valence-electron chi connectivity index (χ1n) is 6.18. The van der Waals surface area contributed by atoms with Crippen molar-refractivity contribution in [1.29, 1.82) is 0 Å². The van der Waals surface area contributed by atoms with Crippen LogP contribution in [0.5, 0.6) is 11.5 Å². The van der Waals surface area contributed by atoms with Crippen molar-refractivity contribution < 1.29 is 19.6 Å². The number of hydrogen-bond donors (Lipinski definition) is 1. The summed E-state index contributed by atoms with van der Waals surface area (Å²) in [5.74, 6) is 0.213. The Labute approximate surface area is 120 Å². The van der Waals surface area contributed by atoms with Crippen molar-refractivity contribution in [3.63, 3.8) is 0 Å². The Morgan fingerprint density at radius 2 is 1.90 bits per heavy atom. The molecule has 108 valence electrons. The molecule has 0 aromatic heterocycles. The molecule has 6 heteroatoms. The lowest BCUT2D eigenvalue weighted by atomic mass is 10.1. The van der Waals surface area contributed by atoms with Crippen molar-refractivity contribution in [3.05, 3.63) is 63.7 Å². The molecular weight excluding hydrogens is 274 g/mol. The van der Waals surface area contributed by atoms with E-state index in [2.05, 4.69) is 0 Å². The van der Waals surface area contributed by atoms with Gasteiger partial charge >= 0.3 is 5.69 Å². The molecule has 0 saturated heterocycles. The van der Waals surface area contributed by atoms with E-state index in [1.807, 2.05) is 0 Å². The van der Waals surface area contributed by atoms with Crippen LogP contribution in [0.25, 0.3) is 0 Å². The van der Waals surface area contributed by atoms with Gasteiger partial charge in [0.2, 0.25) is 5.75 Å². The van der Waals surface area contributed by atoms with Crippen LogP contribution in [0.3, 0.4) is 0 Å². The molecule has 0 amide bonds. The van der Waals surface area contributed by atoms with Gasteiger partial charge < -0.3 is 9.84 Å². The number of carbonyl (C=O) groups excluding carboxylic acids is 1. The minimum absolute atomic E-state index is 0.0572. The second-order valence-electron chi connectivity index (χ2n) is 4.40. The Kier molecular flexibility index (Phi) is 4.30. The molecule has 1 N–H and O–H groups in total. The average Bonchev–Trinajstić information content (AvgIpc) is 2.48. The number of carbonyl (C=O) groups is 1. The summed E-state index contributed by atoms with van der Waals surface area (Å²) in [6.45, 7) is 1.25.